The predicted molar refractivity (Wildman–Crippen MR) is 143 cm³/mol. The van der Waals surface area contributed by atoms with Crippen LogP contribution in [0.4, 0.5) is 5.82 Å². The summed E-state index contributed by atoms with van der Waals surface area (Å²) in [5.74, 6) is 2.70. The fraction of sp³-hybridized carbons (Fsp3) is 0.241. The third-order valence-electron chi connectivity index (χ3n) is 7.09. The van der Waals surface area contributed by atoms with Gasteiger partial charge in [-0.05, 0) is 30.9 Å². The number of pyridine rings is 1. The Balaban J connectivity index is 1.41. The number of fused-ring (bicyclic) bond motifs is 2. The van der Waals surface area contributed by atoms with Crippen LogP contribution in [0.2, 0.25) is 0 Å². The molecule has 3 aromatic heterocycles. The van der Waals surface area contributed by atoms with E-state index in [4.69, 9.17) is 9.97 Å². The molecule has 2 N–H and O–H groups in total. The van der Waals surface area contributed by atoms with E-state index in [0.717, 1.165) is 70.0 Å². The molecule has 5 aromatic rings. The van der Waals surface area contributed by atoms with Crippen LogP contribution >= 0.6 is 0 Å². The van der Waals surface area contributed by atoms with E-state index in [2.05, 4.69) is 62.5 Å². The standard InChI is InChI=1S/C29H28N6O/c1-18(36)32-17-19-14-23(15-19)29-34-26(27-28(30-2)31-12-13-35(27)29)22-9-8-21-10-11-24(33-25(21)16-22)20-6-4-3-5-7-20/h3-13,16,19,23H,14-15,17H2,1-2H3,(H,30,31)(H,32,36). The van der Waals surface area contributed by atoms with Gasteiger partial charge in [0.05, 0.1) is 11.2 Å². The SMILES string of the molecule is CNc1nccn2c(C3CC(CNC(C)=O)C3)nc(-c3ccc4ccc(-c5ccccc5)nc4c3)c12. The van der Waals surface area contributed by atoms with Crippen molar-refractivity contribution in [3.63, 3.8) is 0 Å². The van der Waals surface area contributed by atoms with E-state index in [9.17, 15) is 4.79 Å². The lowest BCUT2D eigenvalue weighted by Crippen LogP contribution is -2.34. The van der Waals surface area contributed by atoms with Gasteiger partial charge in [0.2, 0.25) is 5.91 Å². The van der Waals surface area contributed by atoms with Crippen LogP contribution < -0.4 is 10.6 Å². The van der Waals surface area contributed by atoms with Crippen LogP contribution in [0, 0.1) is 5.92 Å². The Hall–Kier alpha value is -4.26. The van der Waals surface area contributed by atoms with Crippen molar-refractivity contribution in [2.45, 2.75) is 25.7 Å². The molecule has 1 saturated carbocycles. The molecule has 1 aliphatic carbocycles. The number of aromatic nitrogens is 4. The molecule has 0 saturated heterocycles. The maximum absolute atomic E-state index is 11.3. The molecule has 0 aliphatic heterocycles. The average Bonchev–Trinajstić information content (AvgIpc) is 3.27. The summed E-state index contributed by atoms with van der Waals surface area (Å²) in [7, 11) is 1.89. The zero-order valence-electron chi connectivity index (χ0n) is 20.4. The van der Waals surface area contributed by atoms with E-state index in [1.807, 2.05) is 37.6 Å². The van der Waals surface area contributed by atoms with Crippen molar-refractivity contribution in [3.05, 3.63) is 78.9 Å². The predicted octanol–water partition coefficient (Wildman–Crippen LogP) is 5.28. The number of hydrogen-bond acceptors (Lipinski definition) is 5. The summed E-state index contributed by atoms with van der Waals surface area (Å²) in [6.07, 6.45) is 5.83. The molecule has 0 spiro atoms. The number of carbonyl (C=O) groups excluding carboxylic acids is 1. The van der Waals surface area contributed by atoms with Gasteiger partial charge in [0.1, 0.15) is 17.0 Å². The van der Waals surface area contributed by atoms with Crippen LogP contribution in [0.15, 0.2) is 73.1 Å². The molecule has 0 bridgehead atoms. The normalized spacial score (nSPS) is 17.2. The molecule has 1 fully saturated rings. The maximum Gasteiger partial charge on any atom is 0.216 e. The highest BCUT2D eigenvalue weighted by Gasteiger charge is 2.34. The first-order valence-electron chi connectivity index (χ1n) is 12.4. The van der Waals surface area contributed by atoms with Crippen molar-refractivity contribution >= 4 is 28.1 Å². The van der Waals surface area contributed by atoms with Gasteiger partial charge in [-0.2, -0.15) is 0 Å². The monoisotopic (exact) mass is 476 g/mol. The van der Waals surface area contributed by atoms with Gasteiger partial charge in [0, 0.05) is 55.3 Å². The molecule has 1 amide bonds. The summed E-state index contributed by atoms with van der Waals surface area (Å²) in [5.41, 5.74) is 5.88. The highest BCUT2D eigenvalue weighted by Crippen LogP contribution is 2.43. The highest BCUT2D eigenvalue weighted by atomic mass is 16.1. The second kappa shape index (κ2) is 9.07. The lowest BCUT2D eigenvalue weighted by atomic mass is 9.74. The van der Waals surface area contributed by atoms with E-state index in [-0.39, 0.29) is 5.91 Å². The smallest absolute Gasteiger partial charge is 0.216 e. The Kier molecular flexibility index (Phi) is 5.60. The Labute approximate surface area is 209 Å². The summed E-state index contributed by atoms with van der Waals surface area (Å²) >= 11 is 0. The van der Waals surface area contributed by atoms with Crippen LogP contribution in [-0.2, 0) is 4.79 Å². The first kappa shape index (κ1) is 22.2. The number of benzene rings is 2. The van der Waals surface area contributed by atoms with Crippen molar-refractivity contribution in [2.24, 2.45) is 5.92 Å². The number of nitrogens with one attached hydrogen (secondary N) is 2. The molecule has 2 aromatic carbocycles. The number of carbonyl (C=O) groups is 1. The van der Waals surface area contributed by atoms with Gasteiger partial charge in [-0.3, -0.25) is 9.20 Å². The molecule has 180 valence electrons. The summed E-state index contributed by atoms with van der Waals surface area (Å²) in [4.78, 5) is 26.0. The number of imidazole rings is 1. The van der Waals surface area contributed by atoms with Gasteiger partial charge in [-0.25, -0.2) is 15.0 Å². The fourth-order valence-electron chi connectivity index (χ4n) is 5.17. The lowest BCUT2D eigenvalue weighted by Gasteiger charge is -2.34. The van der Waals surface area contributed by atoms with Crippen molar-refractivity contribution in [3.8, 4) is 22.5 Å². The number of amides is 1. The second-order valence-electron chi connectivity index (χ2n) is 9.50. The molecule has 0 radical (unpaired) electrons. The van der Waals surface area contributed by atoms with E-state index in [1.54, 1.807) is 6.92 Å². The van der Waals surface area contributed by atoms with Crippen LogP contribution in [0.25, 0.3) is 38.9 Å². The number of nitrogens with zero attached hydrogens (tertiary/aromatic N) is 4. The third kappa shape index (κ3) is 3.96. The minimum Gasteiger partial charge on any atom is -0.371 e. The first-order valence-corrected chi connectivity index (χ1v) is 12.4. The summed E-state index contributed by atoms with van der Waals surface area (Å²) in [5, 5.41) is 7.28. The molecule has 3 heterocycles. The molecule has 0 atom stereocenters. The Morgan fingerprint density at radius 1 is 1.03 bits per heavy atom. The highest BCUT2D eigenvalue weighted by molar-refractivity contribution is 5.91. The van der Waals surface area contributed by atoms with Gasteiger partial charge < -0.3 is 10.6 Å². The molecule has 36 heavy (non-hydrogen) atoms. The number of hydrogen-bond donors (Lipinski definition) is 2. The van der Waals surface area contributed by atoms with Crippen LogP contribution in [0.1, 0.15) is 31.5 Å². The summed E-state index contributed by atoms with van der Waals surface area (Å²) in [6, 6.07) is 20.8. The van der Waals surface area contributed by atoms with E-state index < -0.39 is 0 Å². The Morgan fingerprint density at radius 2 is 1.83 bits per heavy atom. The molecule has 0 unspecified atom stereocenters. The summed E-state index contributed by atoms with van der Waals surface area (Å²) in [6.45, 7) is 2.30. The molecular formula is C29H28N6O. The van der Waals surface area contributed by atoms with Gasteiger partial charge in [0.15, 0.2) is 5.82 Å². The van der Waals surface area contributed by atoms with Crippen molar-refractivity contribution in [2.75, 3.05) is 18.9 Å². The third-order valence-corrected chi connectivity index (χ3v) is 7.09. The van der Waals surface area contributed by atoms with Crippen molar-refractivity contribution in [1.82, 2.24) is 24.7 Å². The van der Waals surface area contributed by atoms with Crippen molar-refractivity contribution in [1.29, 1.82) is 0 Å². The largest absolute Gasteiger partial charge is 0.371 e. The number of anilines is 1. The van der Waals surface area contributed by atoms with Gasteiger partial charge in [-0.15, -0.1) is 0 Å². The molecule has 7 heteroatoms. The fourth-order valence-corrected chi connectivity index (χ4v) is 5.17. The minimum absolute atomic E-state index is 0.0251. The Morgan fingerprint density at radius 3 is 2.61 bits per heavy atom. The Bertz CT molecular complexity index is 1570. The topological polar surface area (TPSA) is 84.2 Å². The van der Waals surface area contributed by atoms with E-state index >= 15 is 0 Å². The zero-order valence-corrected chi connectivity index (χ0v) is 20.4. The molecule has 7 nitrogen and oxygen atoms in total. The maximum atomic E-state index is 11.3. The first-order chi connectivity index (χ1) is 17.6. The molecular weight excluding hydrogens is 448 g/mol. The molecule has 6 rings (SSSR count). The van der Waals surface area contributed by atoms with Gasteiger partial charge in [-0.1, -0.05) is 48.5 Å². The number of rotatable bonds is 6. The van der Waals surface area contributed by atoms with Gasteiger partial charge in [0.25, 0.3) is 0 Å². The van der Waals surface area contributed by atoms with E-state index in [1.165, 1.54) is 0 Å². The second-order valence-corrected chi connectivity index (χ2v) is 9.50. The van der Waals surface area contributed by atoms with Crippen molar-refractivity contribution < 1.29 is 4.79 Å². The zero-order chi connectivity index (χ0) is 24.6. The molecule has 1 aliphatic rings. The van der Waals surface area contributed by atoms with Gasteiger partial charge >= 0.3 is 0 Å². The van der Waals surface area contributed by atoms with Crippen LogP contribution in [0.5, 0.6) is 0 Å². The minimum atomic E-state index is 0.0251. The van der Waals surface area contributed by atoms with Crippen LogP contribution in [0.3, 0.4) is 0 Å². The van der Waals surface area contributed by atoms with E-state index in [0.29, 0.717) is 11.8 Å². The summed E-state index contributed by atoms with van der Waals surface area (Å²) < 4.78 is 2.17. The quantitative estimate of drug-likeness (QED) is 0.348. The lowest BCUT2D eigenvalue weighted by molar-refractivity contribution is -0.119. The average molecular weight is 477 g/mol. The van der Waals surface area contributed by atoms with Crippen LogP contribution in [-0.4, -0.2) is 38.9 Å².